The van der Waals surface area contributed by atoms with Gasteiger partial charge in [0, 0.05) is 42.9 Å². The molecular weight excluding hydrogens is 530 g/mol. The number of rotatable bonds is 6. The van der Waals surface area contributed by atoms with E-state index in [0.717, 1.165) is 20.7 Å². The fraction of sp³-hybridized carbons (Fsp3) is 0.167. The van der Waals surface area contributed by atoms with E-state index in [9.17, 15) is 22.8 Å². The van der Waals surface area contributed by atoms with E-state index in [2.05, 4.69) is 0 Å². The van der Waals surface area contributed by atoms with Crippen molar-refractivity contribution in [3.05, 3.63) is 110 Å². The molecule has 0 amide bonds. The maximum atomic E-state index is 13.8. The molecule has 0 saturated heterocycles. The van der Waals surface area contributed by atoms with Crippen LogP contribution in [-0.2, 0) is 24.1 Å². The van der Waals surface area contributed by atoms with E-state index >= 15 is 0 Å². The molecule has 3 aromatic heterocycles. The lowest BCUT2D eigenvalue weighted by atomic mass is 10.0. The van der Waals surface area contributed by atoms with Gasteiger partial charge in [-0.25, -0.2) is 12.4 Å². The number of hydrogen-bond acceptors (Lipinski definition) is 6. The average Bonchev–Trinajstić information content (AvgIpc) is 3.32. The molecule has 0 fully saturated rings. The molecule has 2 aromatic carbocycles. The zero-order valence-corrected chi connectivity index (χ0v) is 23.4. The summed E-state index contributed by atoms with van der Waals surface area (Å²) in [5.41, 5.74) is 1.92. The highest BCUT2D eigenvalue weighted by atomic mass is 32.2. The molecule has 10 heteroatoms. The standard InChI is InChI=1S/C30H27N3O6S/c1-18-9-11-22(12-10-18)40(37,38)33-21(17-34)13-24-25(15-32(5)30(36)28(24)33)23-14-27(35)31(4)16-26(23)39-29-19(2)7-6-8-20(29)3/h6-17H,1-5H3. The number of fused-ring (bicyclic) bond motifs is 1. The maximum Gasteiger partial charge on any atom is 0.275 e. The SMILES string of the molecule is Cc1ccc(S(=O)(=O)n2c(C=O)cc3c(-c4cc(=O)n(C)cc4Oc4c(C)cccc4C)cn(C)c(=O)c32)cc1. The van der Waals surface area contributed by atoms with Crippen molar-refractivity contribution in [3.8, 4) is 22.6 Å². The highest BCUT2D eigenvalue weighted by Crippen LogP contribution is 2.38. The van der Waals surface area contributed by atoms with Crippen molar-refractivity contribution in [1.82, 2.24) is 13.1 Å². The normalized spacial score (nSPS) is 11.6. The second-order valence-electron chi connectivity index (χ2n) is 9.81. The number of ether oxygens (including phenoxy) is 1. The molecule has 0 radical (unpaired) electrons. The van der Waals surface area contributed by atoms with Crippen LogP contribution in [0, 0.1) is 20.8 Å². The van der Waals surface area contributed by atoms with Crippen LogP contribution in [0.4, 0.5) is 0 Å². The Kier molecular flexibility index (Phi) is 6.59. The van der Waals surface area contributed by atoms with Gasteiger partial charge in [-0.2, -0.15) is 0 Å². The first kappa shape index (κ1) is 26.9. The van der Waals surface area contributed by atoms with Gasteiger partial charge in [0.15, 0.2) is 12.0 Å². The minimum Gasteiger partial charge on any atom is -0.455 e. The van der Waals surface area contributed by atoms with E-state index in [1.165, 1.54) is 46.6 Å². The van der Waals surface area contributed by atoms with E-state index in [1.807, 2.05) is 39.0 Å². The summed E-state index contributed by atoms with van der Waals surface area (Å²) < 4.78 is 37.3. The first-order valence-corrected chi connectivity index (χ1v) is 13.9. The average molecular weight is 558 g/mol. The number of benzene rings is 2. The quantitative estimate of drug-likeness (QED) is 0.285. The number of aryl methyl sites for hydroxylation is 5. The lowest BCUT2D eigenvalue weighted by Crippen LogP contribution is -2.24. The van der Waals surface area contributed by atoms with Crippen LogP contribution in [-0.4, -0.2) is 27.8 Å². The number of pyridine rings is 2. The third-order valence-electron chi connectivity index (χ3n) is 6.90. The molecule has 204 valence electrons. The van der Waals surface area contributed by atoms with Gasteiger partial charge in [-0.05, 0) is 50.1 Å². The smallest absolute Gasteiger partial charge is 0.275 e. The number of carbonyl (C=O) groups excluding carboxylic acids is 1. The molecule has 5 aromatic rings. The Labute approximate surface area is 230 Å². The number of nitrogens with zero attached hydrogens (tertiary/aromatic N) is 3. The third-order valence-corrected chi connectivity index (χ3v) is 8.65. The van der Waals surface area contributed by atoms with E-state index < -0.39 is 15.6 Å². The van der Waals surface area contributed by atoms with Crippen LogP contribution in [0.1, 0.15) is 27.2 Å². The van der Waals surface area contributed by atoms with Gasteiger partial charge >= 0.3 is 0 Å². The molecule has 0 N–H and O–H groups in total. The molecular formula is C30H27N3O6S. The van der Waals surface area contributed by atoms with Crippen LogP contribution in [0.5, 0.6) is 11.5 Å². The third kappa shape index (κ3) is 4.36. The van der Waals surface area contributed by atoms with Crippen molar-refractivity contribution in [1.29, 1.82) is 0 Å². The van der Waals surface area contributed by atoms with Crippen molar-refractivity contribution in [3.63, 3.8) is 0 Å². The molecule has 9 nitrogen and oxygen atoms in total. The van der Waals surface area contributed by atoms with Gasteiger partial charge in [-0.15, -0.1) is 0 Å². The topological polar surface area (TPSA) is 109 Å². The number of aromatic nitrogens is 3. The zero-order chi connectivity index (χ0) is 28.9. The summed E-state index contributed by atoms with van der Waals surface area (Å²) in [6, 6.07) is 14.6. The Morgan fingerprint density at radius 3 is 2.10 bits per heavy atom. The number of aldehydes is 1. The van der Waals surface area contributed by atoms with Crippen molar-refractivity contribution in [2.24, 2.45) is 14.1 Å². The largest absolute Gasteiger partial charge is 0.455 e. The molecule has 0 aliphatic carbocycles. The van der Waals surface area contributed by atoms with E-state index in [4.69, 9.17) is 4.74 Å². The minimum atomic E-state index is -4.33. The summed E-state index contributed by atoms with van der Waals surface area (Å²) in [5.74, 6) is 0.929. The Morgan fingerprint density at radius 2 is 1.48 bits per heavy atom. The second kappa shape index (κ2) is 9.80. The van der Waals surface area contributed by atoms with Gasteiger partial charge in [0.1, 0.15) is 11.3 Å². The van der Waals surface area contributed by atoms with Gasteiger partial charge in [-0.1, -0.05) is 35.9 Å². The molecule has 0 bridgehead atoms. The molecule has 0 aliphatic rings. The van der Waals surface area contributed by atoms with E-state index in [1.54, 1.807) is 25.4 Å². The molecule has 0 atom stereocenters. The second-order valence-corrected chi connectivity index (χ2v) is 11.6. The number of para-hydroxylation sites is 1. The first-order valence-electron chi connectivity index (χ1n) is 12.4. The van der Waals surface area contributed by atoms with Crippen LogP contribution >= 0.6 is 0 Å². The molecule has 0 saturated carbocycles. The summed E-state index contributed by atoms with van der Waals surface area (Å²) in [7, 11) is -1.26. The number of carbonyl (C=O) groups is 1. The van der Waals surface area contributed by atoms with Crippen molar-refractivity contribution in [2.75, 3.05) is 0 Å². The zero-order valence-electron chi connectivity index (χ0n) is 22.6. The van der Waals surface area contributed by atoms with Gasteiger partial charge < -0.3 is 13.9 Å². The first-order chi connectivity index (χ1) is 18.9. The predicted octanol–water partition coefficient (Wildman–Crippen LogP) is 4.47. The molecule has 0 aliphatic heterocycles. The molecule has 3 heterocycles. The summed E-state index contributed by atoms with van der Waals surface area (Å²) in [4.78, 5) is 38.4. The van der Waals surface area contributed by atoms with Crippen molar-refractivity contribution >= 4 is 27.2 Å². The van der Waals surface area contributed by atoms with Crippen LogP contribution in [0.2, 0.25) is 0 Å². The van der Waals surface area contributed by atoms with Gasteiger partial charge in [0.2, 0.25) is 0 Å². The Morgan fingerprint density at radius 1 is 0.825 bits per heavy atom. The molecule has 5 rings (SSSR count). The number of hydrogen-bond donors (Lipinski definition) is 0. The Balaban J connectivity index is 1.85. The highest BCUT2D eigenvalue weighted by Gasteiger charge is 2.28. The van der Waals surface area contributed by atoms with Crippen LogP contribution in [0.15, 0.2) is 81.5 Å². The van der Waals surface area contributed by atoms with E-state index in [-0.39, 0.29) is 27.1 Å². The summed E-state index contributed by atoms with van der Waals surface area (Å²) in [5, 5.41) is 0.195. The van der Waals surface area contributed by atoms with Gasteiger partial charge in [0.05, 0.1) is 16.8 Å². The lowest BCUT2D eigenvalue weighted by molar-refractivity contribution is 0.111. The van der Waals surface area contributed by atoms with Gasteiger partial charge in [0.25, 0.3) is 21.1 Å². The summed E-state index contributed by atoms with van der Waals surface area (Å²) in [6.45, 7) is 5.63. The Hall–Kier alpha value is -4.70. The van der Waals surface area contributed by atoms with Crippen LogP contribution < -0.4 is 15.9 Å². The minimum absolute atomic E-state index is 0.0706. The van der Waals surface area contributed by atoms with Crippen molar-refractivity contribution in [2.45, 2.75) is 25.7 Å². The van der Waals surface area contributed by atoms with Crippen LogP contribution in [0.25, 0.3) is 22.0 Å². The monoisotopic (exact) mass is 557 g/mol. The fourth-order valence-corrected chi connectivity index (χ4v) is 6.23. The molecule has 0 unspecified atom stereocenters. The van der Waals surface area contributed by atoms with Gasteiger partial charge in [-0.3, -0.25) is 14.4 Å². The van der Waals surface area contributed by atoms with E-state index in [0.29, 0.717) is 28.9 Å². The highest BCUT2D eigenvalue weighted by molar-refractivity contribution is 7.90. The summed E-state index contributed by atoms with van der Waals surface area (Å²) in [6.07, 6.45) is 3.45. The fourth-order valence-electron chi connectivity index (χ4n) is 4.75. The van der Waals surface area contributed by atoms with Crippen molar-refractivity contribution < 1.29 is 17.9 Å². The Bertz CT molecular complexity index is 2030. The van der Waals surface area contributed by atoms with Crippen LogP contribution in [0.3, 0.4) is 0 Å². The summed E-state index contributed by atoms with van der Waals surface area (Å²) >= 11 is 0. The predicted molar refractivity (Wildman–Crippen MR) is 153 cm³/mol. The molecule has 40 heavy (non-hydrogen) atoms. The molecule has 0 spiro atoms. The lowest BCUT2D eigenvalue weighted by Gasteiger charge is -2.17. The maximum absolute atomic E-state index is 13.8.